The zero-order chi connectivity index (χ0) is 22.0. The molecule has 1 aliphatic heterocycles. The van der Waals surface area contributed by atoms with Crippen molar-refractivity contribution in [2.24, 2.45) is 0 Å². The van der Waals surface area contributed by atoms with Crippen molar-refractivity contribution < 1.29 is 23.8 Å². The standard InChI is InChI=1S/C23H32FN3O4/c1-2-31-22(30)27-13-11-26(12-14-27)17-5-8-19(20(24)15-17)23(9-10-23)21(29)25-16-3-6-18(28)7-4-16/h5,8,15-16,18,28H,2-4,6-7,9-14H2,1H3,(H,25,29). The maximum atomic E-state index is 15.1. The highest BCUT2D eigenvalue weighted by molar-refractivity contribution is 5.91. The zero-order valence-electron chi connectivity index (χ0n) is 18.1. The summed E-state index contributed by atoms with van der Waals surface area (Å²) in [6, 6.07) is 5.20. The summed E-state index contributed by atoms with van der Waals surface area (Å²) >= 11 is 0. The Labute approximate surface area is 182 Å². The predicted octanol–water partition coefficient (Wildman–Crippen LogP) is 2.56. The van der Waals surface area contributed by atoms with E-state index in [0.717, 1.165) is 18.5 Å². The number of halogens is 1. The second-order valence-electron chi connectivity index (χ2n) is 8.90. The van der Waals surface area contributed by atoms with Crippen LogP contribution in [-0.4, -0.2) is 66.9 Å². The van der Waals surface area contributed by atoms with Gasteiger partial charge in [0.2, 0.25) is 5.91 Å². The van der Waals surface area contributed by atoms with Crippen LogP contribution in [0.2, 0.25) is 0 Å². The minimum absolute atomic E-state index is 0.0615. The summed E-state index contributed by atoms with van der Waals surface area (Å²) < 4.78 is 20.2. The van der Waals surface area contributed by atoms with E-state index in [1.165, 1.54) is 6.07 Å². The Balaban J connectivity index is 1.38. The molecular weight excluding hydrogens is 401 g/mol. The molecule has 2 saturated carbocycles. The topological polar surface area (TPSA) is 82.1 Å². The fraction of sp³-hybridized carbons (Fsp3) is 0.652. The quantitative estimate of drug-likeness (QED) is 0.746. The Morgan fingerprint density at radius 1 is 1.16 bits per heavy atom. The van der Waals surface area contributed by atoms with Gasteiger partial charge in [-0.15, -0.1) is 0 Å². The molecule has 1 saturated heterocycles. The summed E-state index contributed by atoms with van der Waals surface area (Å²) in [5.74, 6) is -0.444. The van der Waals surface area contributed by atoms with Crippen LogP contribution >= 0.6 is 0 Å². The first-order valence-electron chi connectivity index (χ1n) is 11.4. The molecule has 3 aliphatic rings. The normalized spacial score (nSPS) is 25.1. The summed E-state index contributed by atoms with van der Waals surface area (Å²) in [5.41, 5.74) is 0.471. The number of carbonyl (C=O) groups is 2. The maximum absolute atomic E-state index is 15.1. The lowest BCUT2D eigenvalue weighted by Gasteiger charge is -2.35. The summed E-state index contributed by atoms with van der Waals surface area (Å²) in [6.45, 7) is 4.41. The van der Waals surface area contributed by atoms with Gasteiger partial charge in [0.05, 0.1) is 18.1 Å². The molecule has 0 spiro atoms. The Morgan fingerprint density at radius 2 is 1.84 bits per heavy atom. The first-order chi connectivity index (χ1) is 14.9. The summed E-state index contributed by atoms with van der Waals surface area (Å²) in [4.78, 5) is 28.5. The number of hydrogen-bond donors (Lipinski definition) is 2. The molecule has 0 radical (unpaired) electrons. The lowest BCUT2D eigenvalue weighted by Crippen LogP contribution is -2.49. The third kappa shape index (κ3) is 4.63. The van der Waals surface area contributed by atoms with E-state index >= 15 is 4.39 Å². The minimum atomic E-state index is -0.763. The number of hydrogen-bond acceptors (Lipinski definition) is 5. The lowest BCUT2D eigenvalue weighted by atomic mass is 9.90. The monoisotopic (exact) mass is 433 g/mol. The van der Waals surface area contributed by atoms with Crippen molar-refractivity contribution in [2.45, 2.75) is 63.0 Å². The first-order valence-corrected chi connectivity index (χ1v) is 11.4. The van der Waals surface area contributed by atoms with Crippen LogP contribution in [0.25, 0.3) is 0 Å². The van der Waals surface area contributed by atoms with Gasteiger partial charge in [0, 0.05) is 43.5 Å². The van der Waals surface area contributed by atoms with E-state index in [9.17, 15) is 14.7 Å². The van der Waals surface area contributed by atoms with Crippen LogP contribution in [0.4, 0.5) is 14.9 Å². The van der Waals surface area contributed by atoms with Gasteiger partial charge in [0.15, 0.2) is 0 Å². The molecule has 4 rings (SSSR count). The van der Waals surface area contributed by atoms with E-state index in [-0.39, 0.29) is 30.0 Å². The molecule has 1 aromatic rings. The molecule has 1 aromatic carbocycles. The van der Waals surface area contributed by atoms with Crippen LogP contribution in [-0.2, 0) is 14.9 Å². The molecule has 3 fully saturated rings. The highest BCUT2D eigenvalue weighted by atomic mass is 19.1. The van der Waals surface area contributed by atoms with Gasteiger partial charge in [0.25, 0.3) is 0 Å². The molecular formula is C23H32FN3O4. The predicted molar refractivity (Wildman–Crippen MR) is 115 cm³/mol. The van der Waals surface area contributed by atoms with Crippen LogP contribution in [0, 0.1) is 5.82 Å². The van der Waals surface area contributed by atoms with E-state index in [1.807, 2.05) is 6.07 Å². The molecule has 2 amide bonds. The molecule has 0 aromatic heterocycles. The summed E-state index contributed by atoms with van der Waals surface area (Å²) in [6.07, 6.45) is 3.66. The molecule has 8 heteroatoms. The van der Waals surface area contributed by atoms with Gasteiger partial charge >= 0.3 is 6.09 Å². The molecule has 2 aliphatic carbocycles. The fourth-order valence-corrected chi connectivity index (χ4v) is 4.74. The highest BCUT2D eigenvalue weighted by Gasteiger charge is 2.53. The van der Waals surface area contributed by atoms with Crippen molar-refractivity contribution in [1.82, 2.24) is 10.2 Å². The molecule has 31 heavy (non-hydrogen) atoms. The van der Waals surface area contributed by atoms with Gasteiger partial charge in [-0.3, -0.25) is 4.79 Å². The van der Waals surface area contributed by atoms with Crippen LogP contribution in [0.3, 0.4) is 0 Å². The summed E-state index contributed by atoms with van der Waals surface area (Å²) in [7, 11) is 0. The van der Waals surface area contributed by atoms with Crippen molar-refractivity contribution in [3.8, 4) is 0 Å². The average Bonchev–Trinajstić information content (AvgIpc) is 3.57. The van der Waals surface area contributed by atoms with Crippen molar-refractivity contribution in [3.63, 3.8) is 0 Å². The molecule has 0 unspecified atom stereocenters. The number of benzene rings is 1. The van der Waals surface area contributed by atoms with Gasteiger partial charge in [-0.05, 0) is 57.6 Å². The molecule has 0 bridgehead atoms. The number of carbonyl (C=O) groups excluding carboxylic acids is 2. The number of piperazine rings is 1. The van der Waals surface area contributed by atoms with E-state index in [4.69, 9.17) is 4.74 Å². The number of nitrogens with one attached hydrogen (secondary N) is 1. The fourth-order valence-electron chi connectivity index (χ4n) is 4.74. The number of amides is 2. The number of rotatable bonds is 5. The third-order valence-electron chi connectivity index (χ3n) is 6.86. The van der Waals surface area contributed by atoms with Gasteiger partial charge in [-0.2, -0.15) is 0 Å². The lowest BCUT2D eigenvalue weighted by molar-refractivity contribution is -0.124. The highest BCUT2D eigenvalue weighted by Crippen LogP contribution is 2.50. The van der Waals surface area contributed by atoms with Crippen molar-refractivity contribution in [3.05, 3.63) is 29.6 Å². The SMILES string of the molecule is CCOC(=O)N1CCN(c2ccc(C3(C(=O)NC4CCC(O)CC4)CC3)c(F)c2)CC1. The molecule has 170 valence electrons. The van der Waals surface area contributed by atoms with E-state index in [1.54, 1.807) is 17.9 Å². The smallest absolute Gasteiger partial charge is 0.409 e. The zero-order valence-corrected chi connectivity index (χ0v) is 18.1. The largest absolute Gasteiger partial charge is 0.450 e. The average molecular weight is 434 g/mol. The Bertz CT molecular complexity index is 813. The number of ether oxygens (including phenoxy) is 1. The number of aliphatic hydroxyl groups is 1. The minimum Gasteiger partial charge on any atom is -0.450 e. The molecule has 0 atom stereocenters. The maximum Gasteiger partial charge on any atom is 0.409 e. The number of anilines is 1. The van der Waals surface area contributed by atoms with E-state index < -0.39 is 5.41 Å². The molecule has 7 nitrogen and oxygen atoms in total. The van der Waals surface area contributed by atoms with Gasteiger partial charge in [0.1, 0.15) is 5.82 Å². The third-order valence-corrected chi connectivity index (χ3v) is 6.86. The van der Waals surface area contributed by atoms with Gasteiger partial charge < -0.3 is 25.0 Å². The second kappa shape index (κ2) is 9.02. The van der Waals surface area contributed by atoms with E-state index in [2.05, 4.69) is 10.2 Å². The van der Waals surface area contributed by atoms with Gasteiger partial charge in [-0.1, -0.05) is 6.07 Å². The van der Waals surface area contributed by atoms with Crippen LogP contribution in [0.5, 0.6) is 0 Å². The molecule has 2 N–H and O–H groups in total. The number of aliphatic hydroxyl groups excluding tert-OH is 1. The van der Waals surface area contributed by atoms with Crippen LogP contribution in [0.15, 0.2) is 18.2 Å². The first kappa shape index (κ1) is 21.9. The Morgan fingerprint density at radius 3 is 2.42 bits per heavy atom. The van der Waals surface area contributed by atoms with Crippen molar-refractivity contribution in [2.75, 3.05) is 37.7 Å². The van der Waals surface area contributed by atoms with Crippen LogP contribution < -0.4 is 10.2 Å². The van der Waals surface area contributed by atoms with Crippen LogP contribution in [0.1, 0.15) is 51.0 Å². The second-order valence-corrected chi connectivity index (χ2v) is 8.90. The van der Waals surface area contributed by atoms with Crippen molar-refractivity contribution in [1.29, 1.82) is 0 Å². The summed E-state index contributed by atoms with van der Waals surface area (Å²) in [5, 5.41) is 12.8. The van der Waals surface area contributed by atoms with Gasteiger partial charge in [-0.25, -0.2) is 9.18 Å². The van der Waals surface area contributed by atoms with E-state index in [0.29, 0.717) is 64.0 Å². The van der Waals surface area contributed by atoms with Crippen molar-refractivity contribution >= 4 is 17.7 Å². The number of nitrogens with zero attached hydrogens (tertiary/aromatic N) is 2. The Kier molecular flexibility index (Phi) is 6.36. The molecule has 1 heterocycles. The Hall–Kier alpha value is -2.35.